The second kappa shape index (κ2) is 15.0. The van der Waals surface area contributed by atoms with E-state index in [1.54, 1.807) is 0 Å². The van der Waals surface area contributed by atoms with E-state index in [0.717, 1.165) is 12.1 Å². The maximum absolute atomic E-state index is 13.7. The molecular weight excluding hydrogens is 700 g/mol. The lowest BCUT2D eigenvalue weighted by Crippen LogP contribution is -2.64. The van der Waals surface area contributed by atoms with Crippen LogP contribution in [0.15, 0.2) is 45.6 Å². The number of hydrogen-bond donors (Lipinski definition) is 11. The Bertz CT molecular complexity index is 1770. The van der Waals surface area contributed by atoms with Gasteiger partial charge in [-0.15, -0.1) is 0 Å². The summed E-state index contributed by atoms with van der Waals surface area (Å²) in [6, 6.07) is 7.23. The Morgan fingerprint density at radius 1 is 0.654 bits per heavy atom. The van der Waals surface area contributed by atoms with E-state index in [2.05, 4.69) is 0 Å². The van der Waals surface area contributed by atoms with Gasteiger partial charge in [-0.3, -0.25) is 4.79 Å². The van der Waals surface area contributed by atoms with Crippen LogP contribution in [0.1, 0.15) is 13.8 Å². The number of benzene rings is 2. The summed E-state index contributed by atoms with van der Waals surface area (Å²) in [5, 5.41) is 115. The van der Waals surface area contributed by atoms with Crippen LogP contribution < -0.4 is 10.2 Å². The van der Waals surface area contributed by atoms with Gasteiger partial charge in [-0.1, -0.05) is 0 Å². The van der Waals surface area contributed by atoms with E-state index in [1.165, 1.54) is 38.1 Å². The van der Waals surface area contributed by atoms with Gasteiger partial charge < -0.3 is 89.0 Å². The molecule has 4 heterocycles. The van der Waals surface area contributed by atoms with Crippen molar-refractivity contribution in [2.45, 2.75) is 106 Å². The molecule has 0 spiro atoms. The molecule has 2 aromatic carbocycles. The van der Waals surface area contributed by atoms with Crippen LogP contribution in [0.3, 0.4) is 0 Å². The van der Waals surface area contributed by atoms with Gasteiger partial charge in [0.05, 0.1) is 18.8 Å². The van der Waals surface area contributed by atoms with E-state index in [1.807, 2.05) is 0 Å². The standard InChI is InChI=1S/C33H40O19/c1-10-19(37)23(41)25(43)32(48-10)51-29-20(38)11(2)47-31(27(29)45)46-9-17-21(39)24(42)26(44)33(50-17)52-30-22(40)18-15(36)7-14(35)8-16(18)49-28(30)12-3-5-13(34)6-4-12/h3-8,10-11,17,19-21,23-27,29,31-39,41-45H,9H2,1-2H3/t10-,11+,17+,19-,20-,21-,23-,24+,25-,26-,27+,29-,31+,32-,33-/m0/s1. The van der Waals surface area contributed by atoms with Crippen molar-refractivity contribution in [2.24, 2.45) is 0 Å². The highest BCUT2D eigenvalue weighted by atomic mass is 16.7. The molecule has 286 valence electrons. The Balaban J connectivity index is 1.22. The normalized spacial score (nSPS) is 38.3. The number of ether oxygens (including phenoxy) is 6. The molecule has 0 saturated carbocycles. The molecule has 0 aliphatic carbocycles. The molecule has 1 aromatic heterocycles. The van der Waals surface area contributed by atoms with E-state index >= 15 is 0 Å². The molecule has 0 amide bonds. The van der Waals surface area contributed by atoms with Crippen molar-refractivity contribution in [3.8, 4) is 34.3 Å². The molecule has 3 saturated heterocycles. The number of phenols is 3. The Labute approximate surface area is 293 Å². The van der Waals surface area contributed by atoms with E-state index in [0.29, 0.717) is 0 Å². The van der Waals surface area contributed by atoms with Gasteiger partial charge >= 0.3 is 0 Å². The first kappa shape index (κ1) is 38.1. The highest BCUT2D eigenvalue weighted by Gasteiger charge is 2.51. The summed E-state index contributed by atoms with van der Waals surface area (Å²) in [4.78, 5) is 13.7. The Morgan fingerprint density at radius 2 is 1.27 bits per heavy atom. The molecule has 19 heteroatoms. The van der Waals surface area contributed by atoms with Crippen LogP contribution in [-0.4, -0.2) is 155 Å². The van der Waals surface area contributed by atoms with Gasteiger partial charge in [0.1, 0.15) is 89.3 Å². The molecule has 0 bridgehead atoms. The van der Waals surface area contributed by atoms with Gasteiger partial charge in [0.25, 0.3) is 0 Å². The maximum Gasteiger partial charge on any atom is 0.239 e. The number of hydrogen-bond acceptors (Lipinski definition) is 19. The number of aromatic hydroxyl groups is 3. The summed E-state index contributed by atoms with van der Waals surface area (Å²) in [5.74, 6) is -2.13. The van der Waals surface area contributed by atoms with Gasteiger partial charge in [-0.2, -0.15) is 0 Å². The van der Waals surface area contributed by atoms with E-state index in [9.17, 15) is 61.0 Å². The second-order valence-electron chi connectivity index (χ2n) is 12.9. The van der Waals surface area contributed by atoms with Crippen molar-refractivity contribution in [2.75, 3.05) is 6.61 Å². The Morgan fingerprint density at radius 3 is 1.96 bits per heavy atom. The zero-order chi connectivity index (χ0) is 37.8. The monoisotopic (exact) mass is 740 g/mol. The minimum Gasteiger partial charge on any atom is -0.508 e. The molecule has 3 aliphatic heterocycles. The summed E-state index contributed by atoms with van der Waals surface area (Å²) in [5.41, 5.74) is -1.06. The van der Waals surface area contributed by atoms with Crippen LogP contribution >= 0.6 is 0 Å². The van der Waals surface area contributed by atoms with E-state index in [-0.39, 0.29) is 22.7 Å². The fourth-order valence-electron chi connectivity index (χ4n) is 6.21. The lowest BCUT2D eigenvalue weighted by Gasteiger charge is -2.46. The molecule has 3 aromatic rings. The lowest BCUT2D eigenvalue weighted by molar-refractivity contribution is -0.358. The topological polar surface area (TPSA) is 308 Å². The maximum atomic E-state index is 13.7. The average Bonchev–Trinajstić information content (AvgIpc) is 3.10. The number of rotatable bonds is 8. The van der Waals surface area contributed by atoms with Crippen LogP contribution in [0.25, 0.3) is 22.3 Å². The van der Waals surface area contributed by atoms with Gasteiger partial charge in [-0.05, 0) is 38.1 Å². The summed E-state index contributed by atoms with van der Waals surface area (Å²) in [6.07, 6.45) is -24.1. The van der Waals surface area contributed by atoms with Crippen LogP contribution in [0.4, 0.5) is 0 Å². The molecule has 11 N–H and O–H groups in total. The summed E-state index contributed by atoms with van der Waals surface area (Å²) >= 11 is 0. The summed E-state index contributed by atoms with van der Waals surface area (Å²) in [6.45, 7) is 2.16. The minimum atomic E-state index is -1.98. The van der Waals surface area contributed by atoms with Gasteiger partial charge in [-0.25, -0.2) is 0 Å². The van der Waals surface area contributed by atoms with Crippen molar-refractivity contribution in [1.82, 2.24) is 0 Å². The molecule has 0 radical (unpaired) electrons. The number of aliphatic hydroxyl groups is 8. The van der Waals surface area contributed by atoms with Gasteiger partial charge in [0.2, 0.25) is 17.5 Å². The number of aliphatic hydroxyl groups excluding tert-OH is 8. The number of phenolic OH excluding ortho intramolecular Hbond substituents is 3. The molecule has 0 unspecified atom stereocenters. The molecular formula is C33H40O19. The van der Waals surface area contributed by atoms with Crippen LogP contribution in [0.2, 0.25) is 0 Å². The van der Waals surface area contributed by atoms with E-state index < -0.39 is 127 Å². The zero-order valence-electron chi connectivity index (χ0n) is 27.5. The van der Waals surface area contributed by atoms with Crippen molar-refractivity contribution >= 4 is 11.0 Å². The highest BCUT2D eigenvalue weighted by Crippen LogP contribution is 2.38. The van der Waals surface area contributed by atoms with Crippen LogP contribution in [0.5, 0.6) is 23.0 Å². The molecule has 3 aliphatic rings. The molecule has 3 fully saturated rings. The van der Waals surface area contributed by atoms with Crippen molar-refractivity contribution < 1.29 is 89.0 Å². The van der Waals surface area contributed by atoms with Crippen LogP contribution in [0, 0.1) is 0 Å². The average molecular weight is 741 g/mol. The largest absolute Gasteiger partial charge is 0.508 e. The predicted octanol–water partition coefficient (Wildman–Crippen LogP) is -2.54. The first-order valence-corrected chi connectivity index (χ1v) is 16.2. The van der Waals surface area contributed by atoms with Gasteiger partial charge in [0.15, 0.2) is 18.3 Å². The highest BCUT2D eigenvalue weighted by molar-refractivity contribution is 5.88. The Kier molecular flexibility index (Phi) is 11.0. The molecule has 19 nitrogen and oxygen atoms in total. The SMILES string of the molecule is C[C@@H]1O[C@@H](O[C@H]2[C@@H](O)[C@@H](C)O[C@@H](OC[C@H]3O[C@@H](Oc4c(-c5ccc(O)cc5)oc5cc(O)cc(O)c5c4=O)[C@@H](O)[C@H](O)[C@H]3O)[C@@H]2O)[C@@H](O)[C@@H](O)[C@H]1O. The van der Waals surface area contributed by atoms with Crippen molar-refractivity contribution in [3.63, 3.8) is 0 Å². The second-order valence-corrected chi connectivity index (χ2v) is 12.9. The minimum absolute atomic E-state index is 0.127. The third kappa shape index (κ3) is 7.16. The summed E-state index contributed by atoms with van der Waals surface area (Å²) < 4.78 is 39.6. The quantitative estimate of drug-likeness (QED) is 0.113. The predicted molar refractivity (Wildman–Crippen MR) is 170 cm³/mol. The third-order valence-corrected chi connectivity index (χ3v) is 9.26. The fraction of sp³-hybridized carbons (Fsp3) is 0.545. The molecule has 6 rings (SSSR count). The molecule has 15 atom stereocenters. The summed E-state index contributed by atoms with van der Waals surface area (Å²) in [7, 11) is 0. The van der Waals surface area contributed by atoms with Crippen LogP contribution in [-0.2, 0) is 23.7 Å². The smallest absolute Gasteiger partial charge is 0.239 e. The first-order chi connectivity index (χ1) is 24.6. The first-order valence-electron chi connectivity index (χ1n) is 16.2. The zero-order valence-corrected chi connectivity index (χ0v) is 27.5. The lowest BCUT2D eigenvalue weighted by atomic mass is 9.97. The third-order valence-electron chi connectivity index (χ3n) is 9.26. The number of fused-ring (bicyclic) bond motifs is 1. The van der Waals surface area contributed by atoms with Gasteiger partial charge in [0, 0.05) is 17.7 Å². The Hall–Kier alpha value is -3.67. The van der Waals surface area contributed by atoms with E-state index in [4.69, 9.17) is 32.8 Å². The van der Waals surface area contributed by atoms with Crippen molar-refractivity contribution in [3.05, 3.63) is 46.6 Å². The van der Waals surface area contributed by atoms with Crippen molar-refractivity contribution in [1.29, 1.82) is 0 Å². The fourth-order valence-corrected chi connectivity index (χ4v) is 6.21. The molecule has 52 heavy (non-hydrogen) atoms.